The second-order valence-corrected chi connectivity index (χ2v) is 18.9. The fourth-order valence-corrected chi connectivity index (χ4v) is 12.4. The molecule has 4 nitrogen and oxygen atoms in total. The summed E-state index contributed by atoms with van der Waals surface area (Å²) in [7, 11) is -2.55. The molecule has 7 aromatic rings. The third kappa shape index (κ3) is 11.7. The summed E-state index contributed by atoms with van der Waals surface area (Å²) in [6.45, 7) is 6.30. The average molecular weight is 783 g/mol. The molecule has 0 bridgehead atoms. The molecule has 7 rings (SSSR count). The van der Waals surface area contributed by atoms with Crippen molar-refractivity contribution in [2.45, 2.75) is 71.4 Å². The minimum Gasteiger partial charge on any atom is -0.494 e. The second kappa shape index (κ2) is 23.0. The lowest BCUT2D eigenvalue weighted by Crippen LogP contribution is -2.69. The Morgan fingerprint density at radius 2 is 0.914 bits per heavy atom. The van der Waals surface area contributed by atoms with E-state index in [-0.39, 0.29) is 0 Å². The topological polar surface area (TPSA) is 36.3 Å². The van der Waals surface area contributed by atoms with Gasteiger partial charge in [0.15, 0.2) is 8.07 Å². The maximum absolute atomic E-state index is 6.28. The predicted octanol–water partition coefficient (Wildman–Crippen LogP) is 8.71. The highest BCUT2D eigenvalue weighted by molar-refractivity contribution is 7.10. The standard InChI is InChI=1S/C34H44N2O2Si.C18H15B/c1-3-5-7-12-24-37-30-16-14-20-33(26-30)39(29-36-23-22-35-28-36,32-18-10-9-11-19-32)34-21-15-17-31(27-34)38-25-13-8-6-4-2;1-4-10-16(11-5-1)19(17-12-6-2-7-13-17)18-14-8-3-9-15-18/h9-11,14-23,26-28H,3-8,12-13,24-25,29H2,1-2H3;1-15H. The summed E-state index contributed by atoms with van der Waals surface area (Å²) in [6.07, 6.45) is 16.3. The molecule has 296 valence electrons. The molecule has 0 amide bonds. The highest BCUT2D eigenvalue weighted by atomic mass is 28.3. The van der Waals surface area contributed by atoms with Crippen LogP contribution in [0.5, 0.6) is 11.5 Å². The number of unbranched alkanes of at least 4 members (excludes halogenated alkanes) is 6. The van der Waals surface area contributed by atoms with Crippen molar-refractivity contribution in [3.63, 3.8) is 0 Å². The molecule has 0 aliphatic rings. The van der Waals surface area contributed by atoms with Crippen molar-refractivity contribution in [1.29, 1.82) is 0 Å². The molecule has 0 saturated carbocycles. The van der Waals surface area contributed by atoms with Gasteiger partial charge in [0, 0.05) is 18.6 Å². The van der Waals surface area contributed by atoms with E-state index < -0.39 is 8.07 Å². The van der Waals surface area contributed by atoms with Crippen LogP contribution in [0.3, 0.4) is 0 Å². The number of ether oxygens (including phenoxy) is 2. The Morgan fingerprint density at radius 1 is 0.483 bits per heavy atom. The molecule has 58 heavy (non-hydrogen) atoms. The number of rotatable bonds is 20. The highest BCUT2D eigenvalue weighted by Crippen LogP contribution is 2.19. The lowest BCUT2D eigenvalue weighted by Gasteiger charge is -2.34. The van der Waals surface area contributed by atoms with Crippen LogP contribution in [0.25, 0.3) is 0 Å². The van der Waals surface area contributed by atoms with Crippen molar-refractivity contribution in [3.8, 4) is 11.5 Å². The van der Waals surface area contributed by atoms with Gasteiger partial charge in [0.2, 0.25) is 6.71 Å². The fraction of sp³-hybridized carbons (Fsp3) is 0.250. The fourth-order valence-electron chi connectivity index (χ4n) is 7.80. The van der Waals surface area contributed by atoms with E-state index in [1.165, 1.54) is 70.5 Å². The number of hydrogen-bond donors (Lipinski definition) is 0. The molecule has 0 aliphatic carbocycles. The molecule has 6 aromatic carbocycles. The summed E-state index contributed by atoms with van der Waals surface area (Å²) >= 11 is 0. The van der Waals surface area contributed by atoms with Gasteiger partial charge in [0.25, 0.3) is 0 Å². The van der Waals surface area contributed by atoms with Crippen molar-refractivity contribution < 1.29 is 9.47 Å². The van der Waals surface area contributed by atoms with Crippen LogP contribution in [0, 0.1) is 0 Å². The van der Waals surface area contributed by atoms with Crippen LogP contribution >= 0.6 is 0 Å². The second-order valence-electron chi connectivity index (χ2n) is 15.0. The Kier molecular flexibility index (Phi) is 16.6. The van der Waals surface area contributed by atoms with Crippen molar-refractivity contribution in [2.75, 3.05) is 13.2 Å². The lowest BCUT2D eigenvalue weighted by atomic mass is 9.37. The van der Waals surface area contributed by atoms with Crippen LogP contribution in [0.4, 0.5) is 0 Å². The number of imidazole rings is 1. The Labute approximate surface area is 349 Å². The largest absolute Gasteiger partial charge is 0.494 e. The molecule has 0 saturated heterocycles. The van der Waals surface area contributed by atoms with E-state index in [4.69, 9.17) is 9.47 Å². The van der Waals surface area contributed by atoms with E-state index in [9.17, 15) is 0 Å². The molecule has 0 atom stereocenters. The van der Waals surface area contributed by atoms with Gasteiger partial charge < -0.3 is 14.0 Å². The normalized spacial score (nSPS) is 11.0. The first-order chi connectivity index (χ1) is 28.7. The SMILES string of the molecule is CCCCCCOc1cccc([Si](Cn2ccnc2)(c2ccccc2)c2cccc(OCCCCCC)c2)c1.c1ccc(B(c2ccccc2)c2ccccc2)cc1. The van der Waals surface area contributed by atoms with E-state index >= 15 is 0 Å². The third-order valence-electron chi connectivity index (χ3n) is 10.8. The minimum atomic E-state index is -2.55. The van der Waals surface area contributed by atoms with Gasteiger partial charge in [-0.2, -0.15) is 0 Å². The summed E-state index contributed by atoms with van der Waals surface area (Å²) < 4.78 is 14.8. The highest BCUT2D eigenvalue weighted by Gasteiger charge is 2.40. The summed E-state index contributed by atoms with van der Waals surface area (Å²) in [6, 6.07) is 60.7. The molecular weight excluding hydrogens is 723 g/mol. The first-order valence-electron chi connectivity index (χ1n) is 21.3. The van der Waals surface area contributed by atoms with Gasteiger partial charge >= 0.3 is 0 Å². The predicted molar refractivity (Wildman–Crippen MR) is 249 cm³/mol. The third-order valence-corrected chi connectivity index (χ3v) is 15.6. The maximum atomic E-state index is 6.28. The minimum absolute atomic E-state index is 0.309. The monoisotopic (exact) mass is 782 g/mol. The average Bonchev–Trinajstić information content (AvgIpc) is 3.81. The Balaban J connectivity index is 0.000000247. The van der Waals surface area contributed by atoms with E-state index in [2.05, 4.69) is 199 Å². The Hall–Kier alpha value is -5.59. The van der Waals surface area contributed by atoms with Gasteiger partial charge in [-0.3, -0.25) is 0 Å². The lowest BCUT2D eigenvalue weighted by molar-refractivity contribution is 0.305. The number of aromatic nitrogens is 2. The van der Waals surface area contributed by atoms with Crippen LogP contribution in [0.15, 0.2) is 189 Å². The number of hydrogen-bond acceptors (Lipinski definition) is 3. The van der Waals surface area contributed by atoms with E-state index in [0.717, 1.165) is 43.7 Å². The quantitative estimate of drug-likeness (QED) is 0.0441. The van der Waals surface area contributed by atoms with Crippen LogP contribution in [-0.4, -0.2) is 37.6 Å². The van der Waals surface area contributed by atoms with Gasteiger partial charge in [0.1, 0.15) is 11.5 Å². The molecule has 1 heterocycles. The molecule has 0 radical (unpaired) electrons. The molecule has 1 aromatic heterocycles. The first-order valence-corrected chi connectivity index (χ1v) is 23.5. The Bertz CT molecular complexity index is 2000. The van der Waals surface area contributed by atoms with Gasteiger partial charge in [-0.05, 0) is 52.7 Å². The van der Waals surface area contributed by atoms with E-state index in [0.29, 0.717) is 6.71 Å². The van der Waals surface area contributed by atoms with E-state index in [1.807, 2.05) is 12.5 Å². The van der Waals surface area contributed by atoms with Crippen LogP contribution < -0.4 is 41.4 Å². The molecular formula is C52H59BN2O2Si. The summed E-state index contributed by atoms with van der Waals surface area (Å²) in [5.74, 6) is 1.90. The number of nitrogens with zero attached hydrogens (tertiary/aromatic N) is 2. The summed E-state index contributed by atoms with van der Waals surface area (Å²) in [5.41, 5.74) is 4.00. The number of benzene rings is 6. The van der Waals surface area contributed by atoms with Crippen molar-refractivity contribution >= 4 is 46.7 Å². The zero-order valence-electron chi connectivity index (χ0n) is 34.5. The van der Waals surface area contributed by atoms with Gasteiger partial charge in [-0.25, -0.2) is 4.98 Å². The molecule has 0 spiro atoms. The van der Waals surface area contributed by atoms with Gasteiger partial charge in [-0.15, -0.1) is 0 Å². The summed E-state index contributed by atoms with van der Waals surface area (Å²) in [5, 5.41) is 4.01. The first kappa shape index (κ1) is 42.0. The summed E-state index contributed by atoms with van der Waals surface area (Å²) in [4.78, 5) is 4.39. The smallest absolute Gasteiger partial charge is 0.241 e. The van der Waals surface area contributed by atoms with Crippen LogP contribution in [-0.2, 0) is 6.17 Å². The molecule has 6 heteroatoms. The zero-order chi connectivity index (χ0) is 40.1. The van der Waals surface area contributed by atoms with Crippen LogP contribution in [0.2, 0.25) is 0 Å². The van der Waals surface area contributed by atoms with E-state index in [1.54, 1.807) is 0 Å². The molecule has 0 aliphatic heterocycles. The zero-order valence-corrected chi connectivity index (χ0v) is 35.5. The molecule has 0 unspecified atom stereocenters. The van der Waals surface area contributed by atoms with Crippen LogP contribution in [0.1, 0.15) is 65.2 Å². The Morgan fingerprint density at radius 3 is 1.33 bits per heavy atom. The van der Waals surface area contributed by atoms with Gasteiger partial charge in [-0.1, -0.05) is 214 Å². The maximum Gasteiger partial charge on any atom is 0.241 e. The van der Waals surface area contributed by atoms with Crippen molar-refractivity contribution in [2.24, 2.45) is 0 Å². The molecule has 0 N–H and O–H groups in total. The van der Waals surface area contributed by atoms with Crippen molar-refractivity contribution in [3.05, 3.63) is 189 Å². The van der Waals surface area contributed by atoms with Crippen molar-refractivity contribution in [1.82, 2.24) is 9.55 Å². The van der Waals surface area contributed by atoms with Gasteiger partial charge in [0.05, 0.1) is 19.5 Å². The molecule has 0 fully saturated rings.